The molecule has 16 nitrogen and oxygen atoms in total. The number of carbonyl (C=O) groups is 4. The number of hydrogen-bond donors (Lipinski definition) is 10. The molecule has 0 aromatic rings. The Hall–Kier alpha value is -2.33. The molecule has 0 bridgehead atoms. The van der Waals surface area contributed by atoms with Gasteiger partial charge in [0.1, 0.15) is 0 Å². The van der Waals surface area contributed by atoms with Crippen LogP contribution >= 0.6 is 7.82 Å². The number of carboxylic acids is 3. The summed E-state index contributed by atoms with van der Waals surface area (Å²) in [7, 11) is -4.82. The molecule has 0 heterocycles. The molecular formula is C11H22NO15P. The minimum Gasteiger partial charge on any atom is -0.481 e. The third-order valence-corrected chi connectivity index (χ3v) is 2.60. The Morgan fingerprint density at radius 2 is 1.25 bits per heavy atom. The summed E-state index contributed by atoms with van der Waals surface area (Å²) in [5.41, 5.74) is 1.67. The van der Waals surface area contributed by atoms with Gasteiger partial charge in [-0.15, -0.1) is 0 Å². The number of hydrogen-bond acceptors (Lipinski definition) is 10. The largest absolute Gasteiger partial charge is 0.529 e. The highest BCUT2D eigenvalue weighted by molar-refractivity contribution is 7.46. The van der Waals surface area contributed by atoms with Crippen LogP contribution in [-0.4, -0.2) is 93.9 Å². The van der Waals surface area contributed by atoms with Gasteiger partial charge in [0.2, 0.25) is 0 Å². The van der Waals surface area contributed by atoms with E-state index < -0.39 is 55.9 Å². The van der Waals surface area contributed by atoms with Crippen molar-refractivity contribution in [1.29, 1.82) is 0 Å². The first kappa shape index (κ1) is 30.4. The van der Waals surface area contributed by atoms with E-state index in [2.05, 4.69) is 4.52 Å². The van der Waals surface area contributed by atoms with Gasteiger partial charge in [0.25, 0.3) is 0 Å². The second-order valence-electron chi connectivity index (χ2n) is 5.30. The van der Waals surface area contributed by atoms with Crippen molar-refractivity contribution >= 4 is 31.9 Å². The number of aliphatic carboxylic acids is 3. The van der Waals surface area contributed by atoms with E-state index in [4.69, 9.17) is 51.3 Å². The SMILES string of the molecule is CC(N)(CO)CO.O=C(O)CC(O)(CC(=O)O)C(=O)O.O=C(O)OP(=O)(O)O. The van der Waals surface area contributed by atoms with Gasteiger partial charge in [0.15, 0.2) is 5.60 Å². The summed E-state index contributed by atoms with van der Waals surface area (Å²) in [4.78, 5) is 55.2. The molecule has 0 saturated heterocycles. The van der Waals surface area contributed by atoms with Crippen molar-refractivity contribution in [3.63, 3.8) is 0 Å². The molecule has 0 saturated carbocycles. The van der Waals surface area contributed by atoms with Crippen molar-refractivity contribution in [2.75, 3.05) is 13.2 Å². The van der Waals surface area contributed by atoms with E-state index in [1.165, 1.54) is 0 Å². The third-order valence-electron chi connectivity index (χ3n) is 2.20. The number of aliphatic hydroxyl groups is 3. The minimum absolute atomic E-state index is 0.177. The van der Waals surface area contributed by atoms with Crippen molar-refractivity contribution in [2.45, 2.75) is 30.9 Å². The lowest BCUT2D eigenvalue weighted by atomic mass is 9.96. The molecule has 17 heteroatoms. The number of rotatable bonds is 8. The lowest BCUT2D eigenvalue weighted by Gasteiger charge is -2.18. The fourth-order valence-electron chi connectivity index (χ4n) is 0.866. The maximum atomic E-state index is 10.3. The van der Waals surface area contributed by atoms with Crippen LogP contribution in [0, 0.1) is 0 Å². The van der Waals surface area contributed by atoms with Gasteiger partial charge in [0.05, 0.1) is 31.6 Å². The standard InChI is InChI=1S/C6H8O7.C4H11NO2.CH3O6P/c7-3(8)1-6(13,5(11)12)2-4(9)10;1-4(5,2-6)3-7;2-1(3)7-8(4,5)6/h13H,1-2H2,(H,7,8)(H,9,10)(H,11,12);6-7H,2-3,5H2,1H3;(H,2,3)(H2,4,5,6). The van der Waals surface area contributed by atoms with Crippen LogP contribution in [0.1, 0.15) is 19.8 Å². The van der Waals surface area contributed by atoms with Gasteiger partial charge in [-0.25, -0.2) is 14.2 Å². The molecule has 0 aliphatic heterocycles. The van der Waals surface area contributed by atoms with Crippen molar-refractivity contribution in [3.05, 3.63) is 0 Å². The number of phosphoric acid groups is 1. The lowest BCUT2D eigenvalue weighted by molar-refractivity contribution is -0.170. The molecule has 0 fully saturated rings. The van der Waals surface area contributed by atoms with Crippen LogP contribution in [0.15, 0.2) is 0 Å². The van der Waals surface area contributed by atoms with Crippen molar-refractivity contribution < 1.29 is 73.8 Å². The van der Waals surface area contributed by atoms with Crippen LogP contribution < -0.4 is 5.73 Å². The molecule has 28 heavy (non-hydrogen) atoms. The van der Waals surface area contributed by atoms with E-state index in [0.717, 1.165) is 0 Å². The van der Waals surface area contributed by atoms with Gasteiger partial charge in [0, 0.05) is 0 Å². The van der Waals surface area contributed by atoms with Gasteiger partial charge < -0.3 is 46.0 Å². The van der Waals surface area contributed by atoms with E-state index in [0.29, 0.717) is 0 Å². The number of phosphoric ester groups is 1. The molecule has 166 valence electrons. The predicted octanol–water partition coefficient (Wildman–Crippen LogP) is -2.79. The molecule has 0 amide bonds. The average molecular weight is 439 g/mol. The Bertz CT molecular complexity index is 561. The molecular weight excluding hydrogens is 417 g/mol. The molecule has 0 spiro atoms. The number of carboxylic acid groups (broad SMARTS) is 4. The fraction of sp³-hybridized carbons (Fsp3) is 0.636. The van der Waals surface area contributed by atoms with E-state index in [-0.39, 0.29) is 13.2 Å². The maximum Gasteiger partial charge on any atom is 0.529 e. The first-order valence-corrected chi connectivity index (χ1v) is 8.23. The van der Waals surface area contributed by atoms with Gasteiger partial charge in [-0.3, -0.25) is 19.4 Å². The highest BCUT2D eigenvalue weighted by atomic mass is 31.2. The number of aliphatic hydroxyl groups excluding tert-OH is 2. The lowest BCUT2D eigenvalue weighted by Crippen LogP contribution is -2.43. The molecule has 0 radical (unpaired) electrons. The summed E-state index contributed by atoms with van der Waals surface area (Å²) in [6.07, 6.45) is -4.28. The Morgan fingerprint density at radius 1 is 0.929 bits per heavy atom. The summed E-state index contributed by atoms with van der Waals surface area (Å²) < 4.78 is 12.6. The topological polar surface area (TPSA) is 303 Å². The van der Waals surface area contributed by atoms with E-state index in [1.807, 2.05) is 0 Å². The predicted molar refractivity (Wildman–Crippen MR) is 85.0 cm³/mol. The Balaban J connectivity index is -0.000000359. The van der Waals surface area contributed by atoms with Gasteiger partial charge in [-0.2, -0.15) is 0 Å². The maximum absolute atomic E-state index is 10.3. The summed E-state index contributed by atoms with van der Waals surface area (Å²) >= 11 is 0. The van der Waals surface area contributed by atoms with Crippen LogP contribution in [-0.2, 0) is 23.5 Å². The second kappa shape index (κ2) is 12.9. The molecule has 11 N–H and O–H groups in total. The molecule has 0 rings (SSSR count). The summed E-state index contributed by atoms with van der Waals surface area (Å²) in [6, 6.07) is 0. The minimum atomic E-state index is -4.82. The van der Waals surface area contributed by atoms with Crippen LogP contribution in [0.5, 0.6) is 0 Å². The van der Waals surface area contributed by atoms with Gasteiger partial charge in [-0.05, 0) is 6.92 Å². The van der Waals surface area contributed by atoms with Crippen LogP contribution in [0.3, 0.4) is 0 Å². The smallest absolute Gasteiger partial charge is 0.481 e. The van der Waals surface area contributed by atoms with Crippen molar-refractivity contribution in [1.82, 2.24) is 0 Å². The zero-order valence-electron chi connectivity index (χ0n) is 14.3. The first-order valence-electron chi connectivity index (χ1n) is 6.70. The van der Waals surface area contributed by atoms with Crippen molar-refractivity contribution in [2.24, 2.45) is 5.73 Å². The van der Waals surface area contributed by atoms with E-state index in [9.17, 15) is 23.7 Å². The zero-order valence-corrected chi connectivity index (χ0v) is 15.2. The molecule has 0 atom stereocenters. The third kappa shape index (κ3) is 20.0. The quantitative estimate of drug-likeness (QED) is 0.171. The highest BCUT2D eigenvalue weighted by Gasteiger charge is 2.40. The van der Waals surface area contributed by atoms with E-state index >= 15 is 0 Å². The fourth-order valence-corrected chi connectivity index (χ4v) is 1.07. The monoisotopic (exact) mass is 439 g/mol. The Labute approximate surface area is 156 Å². The van der Waals surface area contributed by atoms with Crippen LogP contribution in [0.4, 0.5) is 4.79 Å². The molecule has 0 aromatic heterocycles. The van der Waals surface area contributed by atoms with E-state index in [1.54, 1.807) is 6.92 Å². The van der Waals surface area contributed by atoms with Gasteiger partial charge >= 0.3 is 31.9 Å². The first-order chi connectivity index (χ1) is 12.3. The zero-order chi connectivity index (χ0) is 23.3. The molecule has 0 aliphatic carbocycles. The van der Waals surface area contributed by atoms with Gasteiger partial charge in [-0.1, -0.05) is 0 Å². The van der Waals surface area contributed by atoms with Crippen LogP contribution in [0.2, 0.25) is 0 Å². The summed E-state index contributed by atoms with van der Waals surface area (Å²) in [5.74, 6) is -5.02. The average Bonchev–Trinajstić information content (AvgIpc) is 2.44. The molecule has 0 aromatic carbocycles. The summed E-state index contributed by atoms with van der Waals surface area (Å²) in [5, 5.41) is 58.0. The van der Waals surface area contributed by atoms with Crippen molar-refractivity contribution in [3.8, 4) is 0 Å². The molecule has 0 aliphatic rings. The Morgan fingerprint density at radius 3 is 1.32 bits per heavy atom. The normalized spacial score (nSPS) is 11.1. The second-order valence-corrected chi connectivity index (χ2v) is 6.46. The van der Waals surface area contributed by atoms with Crippen LogP contribution in [0.25, 0.3) is 0 Å². The molecule has 0 unspecified atom stereocenters. The number of nitrogens with two attached hydrogens (primary N) is 1. The summed E-state index contributed by atoms with van der Waals surface area (Å²) in [6.45, 7) is 1.22. The highest BCUT2D eigenvalue weighted by Crippen LogP contribution is 2.35. The Kier molecular flexibility index (Phi) is 14.1.